The van der Waals surface area contributed by atoms with E-state index >= 15 is 0 Å². The normalized spacial score (nSPS) is 16.0. The number of carbonyl (C=O) groups is 1. The van der Waals surface area contributed by atoms with Crippen LogP contribution in [0.15, 0.2) is 18.2 Å². The number of rotatable bonds is 6. The van der Waals surface area contributed by atoms with E-state index in [1.807, 2.05) is 6.92 Å². The molecule has 2 rings (SSSR count). The zero-order valence-corrected chi connectivity index (χ0v) is 12.5. The predicted octanol–water partition coefficient (Wildman–Crippen LogP) is 2.83. The van der Waals surface area contributed by atoms with Crippen LogP contribution in [0.25, 0.3) is 0 Å². The van der Waals surface area contributed by atoms with E-state index in [0.717, 1.165) is 0 Å². The Morgan fingerprint density at radius 1 is 1.45 bits per heavy atom. The molecule has 0 bridgehead atoms. The molecule has 1 aromatic carbocycles. The molecule has 0 unspecified atom stereocenters. The Morgan fingerprint density at radius 2 is 2.15 bits per heavy atom. The minimum atomic E-state index is -0.140. The number of hydrogen-bond acceptors (Lipinski definition) is 3. The lowest BCUT2D eigenvalue weighted by Gasteiger charge is -2.21. The number of amides is 1. The molecule has 0 aromatic heterocycles. The third kappa shape index (κ3) is 2.89. The van der Waals surface area contributed by atoms with E-state index in [9.17, 15) is 4.79 Å². The number of anilines is 1. The monoisotopic (exact) mass is 276 g/mol. The molecular formula is C16H24N2O2. The Labute approximate surface area is 120 Å². The molecule has 110 valence electrons. The van der Waals surface area contributed by atoms with Crippen molar-refractivity contribution < 1.29 is 9.53 Å². The summed E-state index contributed by atoms with van der Waals surface area (Å²) in [6.07, 6.45) is 2.38. The van der Waals surface area contributed by atoms with Gasteiger partial charge >= 0.3 is 0 Å². The van der Waals surface area contributed by atoms with Gasteiger partial charge in [-0.05, 0) is 43.2 Å². The van der Waals surface area contributed by atoms with E-state index in [2.05, 4.69) is 19.2 Å². The van der Waals surface area contributed by atoms with Gasteiger partial charge < -0.3 is 15.8 Å². The highest BCUT2D eigenvalue weighted by Crippen LogP contribution is 2.51. The van der Waals surface area contributed by atoms with E-state index in [1.54, 1.807) is 18.2 Å². The van der Waals surface area contributed by atoms with Gasteiger partial charge in [0, 0.05) is 12.2 Å². The second-order valence-electron chi connectivity index (χ2n) is 5.85. The molecule has 20 heavy (non-hydrogen) atoms. The van der Waals surface area contributed by atoms with Gasteiger partial charge in [-0.3, -0.25) is 4.79 Å². The molecule has 1 saturated carbocycles. The van der Waals surface area contributed by atoms with E-state index in [0.29, 0.717) is 36.1 Å². The first kappa shape index (κ1) is 14.7. The number of ether oxygens (including phenoxy) is 1. The fourth-order valence-electron chi connectivity index (χ4n) is 2.53. The summed E-state index contributed by atoms with van der Waals surface area (Å²) in [6, 6.07) is 5.31. The van der Waals surface area contributed by atoms with Gasteiger partial charge in [-0.25, -0.2) is 0 Å². The second-order valence-corrected chi connectivity index (χ2v) is 5.85. The Hall–Kier alpha value is -1.71. The summed E-state index contributed by atoms with van der Waals surface area (Å²) in [6.45, 7) is 7.54. The van der Waals surface area contributed by atoms with Crippen LogP contribution in [0.5, 0.6) is 5.75 Å². The molecular weight excluding hydrogens is 252 g/mol. The van der Waals surface area contributed by atoms with E-state index in [4.69, 9.17) is 10.5 Å². The number of carbonyl (C=O) groups excluding carboxylic acids is 1. The van der Waals surface area contributed by atoms with Crippen LogP contribution in [0.3, 0.4) is 0 Å². The van der Waals surface area contributed by atoms with Crippen molar-refractivity contribution in [2.45, 2.75) is 33.6 Å². The highest BCUT2D eigenvalue weighted by molar-refractivity contribution is 6.01. The van der Waals surface area contributed by atoms with Crippen LogP contribution in [0.2, 0.25) is 0 Å². The van der Waals surface area contributed by atoms with Crippen molar-refractivity contribution in [3.05, 3.63) is 23.8 Å². The summed E-state index contributed by atoms with van der Waals surface area (Å²) in [5.41, 5.74) is 7.12. The number of nitrogens with one attached hydrogen (secondary N) is 1. The van der Waals surface area contributed by atoms with Crippen LogP contribution < -0.4 is 15.8 Å². The number of hydrogen-bond donors (Lipinski definition) is 2. The lowest BCUT2D eigenvalue weighted by molar-refractivity contribution is 0.0937. The fourth-order valence-corrected chi connectivity index (χ4v) is 2.53. The maximum absolute atomic E-state index is 12.4. The molecule has 0 radical (unpaired) electrons. The van der Waals surface area contributed by atoms with Gasteiger partial charge in [-0.15, -0.1) is 0 Å². The fraction of sp³-hybridized carbons (Fsp3) is 0.562. The van der Waals surface area contributed by atoms with Crippen LogP contribution in [0, 0.1) is 11.3 Å². The smallest absolute Gasteiger partial charge is 0.257 e. The van der Waals surface area contributed by atoms with Crippen molar-refractivity contribution in [2.24, 2.45) is 11.3 Å². The molecule has 4 heteroatoms. The van der Waals surface area contributed by atoms with Crippen LogP contribution in [-0.2, 0) is 0 Å². The minimum Gasteiger partial charge on any atom is -0.493 e. The van der Waals surface area contributed by atoms with E-state index in [1.165, 1.54) is 12.8 Å². The number of nitrogen functional groups attached to an aromatic ring is 1. The van der Waals surface area contributed by atoms with Gasteiger partial charge in [0.1, 0.15) is 11.3 Å². The van der Waals surface area contributed by atoms with Crippen molar-refractivity contribution >= 4 is 11.6 Å². The molecule has 3 N–H and O–H groups in total. The third-order valence-electron chi connectivity index (χ3n) is 4.30. The SMILES string of the molecule is CCOc1cccc(N)c1C(=O)NCC1(C(C)C)CC1. The lowest BCUT2D eigenvalue weighted by Crippen LogP contribution is -2.33. The first-order valence-electron chi connectivity index (χ1n) is 7.29. The largest absolute Gasteiger partial charge is 0.493 e. The Kier molecular flexibility index (Phi) is 4.21. The predicted molar refractivity (Wildman–Crippen MR) is 80.9 cm³/mol. The summed E-state index contributed by atoms with van der Waals surface area (Å²) in [4.78, 5) is 12.4. The van der Waals surface area contributed by atoms with Gasteiger partial charge in [0.2, 0.25) is 0 Å². The molecule has 1 aromatic rings. The molecule has 1 aliphatic carbocycles. The summed E-state index contributed by atoms with van der Waals surface area (Å²) in [5.74, 6) is 1.00. The molecule has 0 aliphatic heterocycles. The van der Waals surface area contributed by atoms with E-state index in [-0.39, 0.29) is 11.3 Å². The van der Waals surface area contributed by atoms with Crippen molar-refractivity contribution in [1.82, 2.24) is 5.32 Å². The number of benzene rings is 1. The molecule has 0 saturated heterocycles. The molecule has 1 aliphatic rings. The van der Waals surface area contributed by atoms with Gasteiger partial charge in [0.05, 0.1) is 6.61 Å². The minimum absolute atomic E-state index is 0.140. The zero-order valence-electron chi connectivity index (χ0n) is 12.5. The number of nitrogens with two attached hydrogens (primary N) is 1. The van der Waals surface area contributed by atoms with Crippen molar-refractivity contribution in [3.8, 4) is 5.75 Å². The van der Waals surface area contributed by atoms with Gasteiger partial charge in [0.15, 0.2) is 0 Å². The quantitative estimate of drug-likeness (QED) is 0.785. The Morgan fingerprint density at radius 3 is 2.70 bits per heavy atom. The Bertz CT molecular complexity index is 493. The molecule has 0 spiro atoms. The van der Waals surface area contributed by atoms with Crippen LogP contribution in [0.1, 0.15) is 44.0 Å². The van der Waals surface area contributed by atoms with Crippen molar-refractivity contribution in [1.29, 1.82) is 0 Å². The average Bonchev–Trinajstić information content (AvgIpc) is 3.18. The summed E-state index contributed by atoms with van der Waals surface area (Å²) < 4.78 is 5.49. The maximum Gasteiger partial charge on any atom is 0.257 e. The summed E-state index contributed by atoms with van der Waals surface area (Å²) in [5, 5.41) is 3.02. The van der Waals surface area contributed by atoms with Crippen LogP contribution in [0.4, 0.5) is 5.69 Å². The van der Waals surface area contributed by atoms with Gasteiger partial charge in [-0.2, -0.15) is 0 Å². The zero-order chi connectivity index (χ0) is 14.8. The lowest BCUT2D eigenvalue weighted by atomic mass is 9.92. The first-order valence-corrected chi connectivity index (χ1v) is 7.29. The van der Waals surface area contributed by atoms with Crippen LogP contribution >= 0.6 is 0 Å². The van der Waals surface area contributed by atoms with Gasteiger partial charge in [-0.1, -0.05) is 19.9 Å². The molecule has 1 fully saturated rings. The van der Waals surface area contributed by atoms with Crippen molar-refractivity contribution in [3.63, 3.8) is 0 Å². The summed E-state index contributed by atoms with van der Waals surface area (Å²) in [7, 11) is 0. The first-order chi connectivity index (χ1) is 9.50. The highest BCUT2D eigenvalue weighted by Gasteiger charge is 2.45. The Balaban J connectivity index is 2.09. The maximum atomic E-state index is 12.4. The molecule has 1 amide bonds. The average molecular weight is 276 g/mol. The summed E-state index contributed by atoms with van der Waals surface area (Å²) >= 11 is 0. The highest BCUT2D eigenvalue weighted by atomic mass is 16.5. The van der Waals surface area contributed by atoms with Gasteiger partial charge in [0.25, 0.3) is 5.91 Å². The molecule has 4 nitrogen and oxygen atoms in total. The standard InChI is InChI=1S/C16H24N2O2/c1-4-20-13-7-5-6-12(17)14(13)15(19)18-10-16(8-9-16)11(2)3/h5-7,11H,4,8-10,17H2,1-3H3,(H,18,19). The van der Waals surface area contributed by atoms with Crippen LogP contribution in [-0.4, -0.2) is 19.1 Å². The van der Waals surface area contributed by atoms with Crippen molar-refractivity contribution in [2.75, 3.05) is 18.9 Å². The topological polar surface area (TPSA) is 64.3 Å². The third-order valence-corrected chi connectivity index (χ3v) is 4.30. The molecule has 0 atom stereocenters. The van der Waals surface area contributed by atoms with E-state index < -0.39 is 0 Å². The second kappa shape index (κ2) is 5.73. The molecule has 0 heterocycles.